The summed E-state index contributed by atoms with van der Waals surface area (Å²) in [4.78, 5) is 41.3. The number of ether oxygens (including phenoxy) is 1. The number of carbonyl (C=O) groups is 3. The second kappa shape index (κ2) is 8.69. The summed E-state index contributed by atoms with van der Waals surface area (Å²) in [5.74, 6) is -0.292. The molecule has 0 N–H and O–H groups in total. The van der Waals surface area contributed by atoms with Gasteiger partial charge in [0, 0.05) is 38.8 Å². The van der Waals surface area contributed by atoms with E-state index < -0.39 is 0 Å². The first-order valence-corrected chi connectivity index (χ1v) is 8.88. The molecule has 2 rings (SSSR count). The van der Waals surface area contributed by atoms with E-state index in [0.717, 1.165) is 16.8 Å². The standard InChI is InChI=1S/C19H27N3O4/c1-5-26-19(25)21-10-8-20(9-11-21)18(24)13-22(16(4)23)17-7-6-14(2)12-15(17)3/h6-7,12H,5,8-11,13H2,1-4H3. The number of rotatable bonds is 4. The van der Waals surface area contributed by atoms with E-state index >= 15 is 0 Å². The molecule has 1 aliphatic rings. The highest BCUT2D eigenvalue weighted by Gasteiger charge is 2.27. The highest BCUT2D eigenvalue weighted by molar-refractivity contribution is 5.98. The fourth-order valence-electron chi connectivity index (χ4n) is 3.06. The van der Waals surface area contributed by atoms with Crippen LogP contribution in [-0.4, -0.2) is 67.0 Å². The van der Waals surface area contributed by atoms with Gasteiger partial charge in [-0.2, -0.15) is 0 Å². The molecule has 1 fully saturated rings. The Bertz CT molecular complexity index is 681. The number of hydrogen-bond donors (Lipinski definition) is 0. The van der Waals surface area contributed by atoms with Crippen molar-refractivity contribution in [3.63, 3.8) is 0 Å². The van der Waals surface area contributed by atoms with Gasteiger partial charge in [-0.25, -0.2) is 4.79 Å². The molecular formula is C19H27N3O4. The van der Waals surface area contributed by atoms with Crippen molar-refractivity contribution in [2.75, 3.05) is 44.2 Å². The van der Waals surface area contributed by atoms with Gasteiger partial charge in [0.15, 0.2) is 0 Å². The van der Waals surface area contributed by atoms with Crippen LogP contribution in [0.3, 0.4) is 0 Å². The molecule has 1 saturated heterocycles. The number of aryl methyl sites for hydroxylation is 2. The van der Waals surface area contributed by atoms with E-state index in [0.29, 0.717) is 32.8 Å². The smallest absolute Gasteiger partial charge is 0.409 e. The maximum Gasteiger partial charge on any atom is 0.409 e. The second-order valence-corrected chi connectivity index (χ2v) is 6.46. The van der Waals surface area contributed by atoms with Crippen LogP contribution < -0.4 is 4.90 Å². The number of amides is 3. The fourth-order valence-corrected chi connectivity index (χ4v) is 3.06. The van der Waals surface area contributed by atoms with Crippen LogP contribution >= 0.6 is 0 Å². The van der Waals surface area contributed by atoms with Gasteiger partial charge in [-0.05, 0) is 32.4 Å². The normalized spacial score (nSPS) is 14.2. The van der Waals surface area contributed by atoms with Gasteiger partial charge in [0.1, 0.15) is 6.54 Å². The van der Waals surface area contributed by atoms with Crippen LogP contribution in [0.5, 0.6) is 0 Å². The van der Waals surface area contributed by atoms with Crippen molar-refractivity contribution in [3.8, 4) is 0 Å². The molecule has 0 bridgehead atoms. The van der Waals surface area contributed by atoms with Gasteiger partial charge in [-0.1, -0.05) is 17.7 Å². The number of anilines is 1. The molecule has 0 aliphatic carbocycles. The Morgan fingerprint density at radius 3 is 2.23 bits per heavy atom. The quantitative estimate of drug-likeness (QED) is 0.822. The Morgan fingerprint density at radius 2 is 1.69 bits per heavy atom. The van der Waals surface area contributed by atoms with Gasteiger partial charge in [-0.3, -0.25) is 9.59 Å². The Labute approximate surface area is 154 Å². The average Bonchev–Trinajstić information content (AvgIpc) is 2.60. The molecule has 0 saturated carbocycles. The van der Waals surface area contributed by atoms with E-state index in [9.17, 15) is 14.4 Å². The van der Waals surface area contributed by atoms with E-state index in [-0.39, 0.29) is 24.5 Å². The highest BCUT2D eigenvalue weighted by Crippen LogP contribution is 2.21. The van der Waals surface area contributed by atoms with Crippen molar-refractivity contribution >= 4 is 23.6 Å². The van der Waals surface area contributed by atoms with Crippen LogP contribution in [0.15, 0.2) is 18.2 Å². The monoisotopic (exact) mass is 361 g/mol. The third kappa shape index (κ3) is 4.74. The van der Waals surface area contributed by atoms with Crippen molar-refractivity contribution < 1.29 is 19.1 Å². The summed E-state index contributed by atoms with van der Waals surface area (Å²) in [7, 11) is 0. The fraction of sp³-hybridized carbons (Fsp3) is 0.526. The maximum atomic E-state index is 12.7. The lowest BCUT2D eigenvalue weighted by molar-refractivity contribution is -0.132. The van der Waals surface area contributed by atoms with Gasteiger partial charge in [-0.15, -0.1) is 0 Å². The van der Waals surface area contributed by atoms with E-state index in [1.54, 1.807) is 16.7 Å². The zero-order chi connectivity index (χ0) is 19.3. The van der Waals surface area contributed by atoms with Gasteiger partial charge < -0.3 is 19.4 Å². The molecule has 0 radical (unpaired) electrons. The Kier molecular flexibility index (Phi) is 6.60. The SMILES string of the molecule is CCOC(=O)N1CCN(C(=O)CN(C(C)=O)c2ccc(C)cc2C)CC1. The molecule has 26 heavy (non-hydrogen) atoms. The Morgan fingerprint density at radius 1 is 1.08 bits per heavy atom. The minimum Gasteiger partial charge on any atom is -0.450 e. The summed E-state index contributed by atoms with van der Waals surface area (Å²) in [6.45, 7) is 9.24. The topological polar surface area (TPSA) is 70.2 Å². The number of nitrogens with zero attached hydrogens (tertiary/aromatic N) is 3. The molecule has 1 aliphatic heterocycles. The van der Waals surface area contributed by atoms with Crippen molar-refractivity contribution in [1.82, 2.24) is 9.80 Å². The lowest BCUT2D eigenvalue weighted by Crippen LogP contribution is -2.53. The molecule has 0 spiro atoms. The molecular weight excluding hydrogens is 334 g/mol. The first kappa shape index (κ1) is 19.8. The molecule has 1 aromatic carbocycles. The number of carbonyl (C=O) groups excluding carboxylic acids is 3. The van der Waals surface area contributed by atoms with Crippen LogP contribution in [0, 0.1) is 13.8 Å². The summed E-state index contributed by atoms with van der Waals surface area (Å²) in [6.07, 6.45) is -0.347. The third-order valence-electron chi connectivity index (χ3n) is 4.47. The van der Waals surface area contributed by atoms with Crippen LogP contribution in [0.1, 0.15) is 25.0 Å². The van der Waals surface area contributed by atoms with Crippen molar-refractivity contribution in [3.05, 3.63) is 29.3 Å². The summed E-state index contributed by atoms with van der Waals surface area (Å²) in [6, 6.07) is 5.80. The number of hydrogen-bond acceptors (Lipinski definition) is 4. The van der Waals surface area contributed by atoms with Crippen molar-refractivity contribution in [1.29, 1.82) is 0 Å². The molecule has 1 aromatic rings. The number of piperazine rings is 1. The largest absolute Gasteiger partial charge is 0.450 e. The molecule has 142 valence electrons. The average molecular weight is 361 g/mol. The van der Waals surface area contributed by atoms with Crippen LogP contribution in [0.25, 0.3) is 0 Å². The highest BCUT2D eigenvalue weighted by atomic mass is 16.6. The first-order chi connectivity index (χ1) is 12.3. The first-order valence-electron chi connectivity index (χ1n) is 8.88. The predicted molar refractivity (Wildman–Crippen MR) is 99.1 cm³/mol. The van der Waals surface area contributed by atoms with Gasteiger partial charge in [0.25, 0.3) is 0 Å². The molecule has 0 aromatic heterocycles. The van der Waals surface area contributed by atoms with Gasteiger partial charge >= 0.3 is 6.09 Å². The molecule has 0 atom stereocenters. The number of benzene rings is 1. The summed E-state index contributed by atoms with van der Waals surface area (Å²) < 4.78 is 4.98. The molecule has 1 heterocycles. The van der Waals surface area contributed by atoms with Crippen molar-refractivity contribution in [2.45, 2.75) is 27.7 Å². The molecule has 0 unspecified atom stereocenters. The molecule has 3 amide bonds. The van der Waals surface area contributed by atoms with Crippen LogP contribution in [0.2, 0.25) is 0 Å². The second-order valence-electron chi connectivity index (χ2n) is 6.46. The summed E-state index contributed by atoms with van der Waals surface area (Å²) in [5.41, 5.74) is 2.82. The minimum absolute atomic E-state index is 0.00135. The third-order valence-corrected chi connectivity index (χ3v) is 4.47. The lowest BCUT2D eigenvalue weighted by atomic mass is 10.1. The van der Waals surface area contributed by atoms with E-state index in [1.807, 2.05) is 32.0 Å². The minimum atomic E-state index is -0.347. The van der Waals surface area contributed by atoms with E-state index in [4.69, 9.17) is 4.74 Å². The van der Waals surface area contributed by atoms with Crippen molar-refractivity contribution in [2.24, 2.45) is 0 Å². The van der Waals surface area contributed by atoms with Gasteiger partial charge in [0.05, 0.1) is 6.61 Å². The zero-order valence-corrected chi connectivity index (χ0v) is 15.9. The zero-order valence-electron chi connectivity index (χ0n) is 15.9. The summed E-state index contributed by atoms with van der Waals surface area (Å²) in [5, 5.41) is 0. The van der Waals surface area contributed by atoms with E-state index in [2.05, 4.69) is 0 Å². The predicted octanol–water partition coefficient (Wildman–Crippen LogP) is 1.96. The Hall–Kier alpha value is -2.57. The summed E-state index contributed by atoms with van der Waals surface area (Å²) >= 11 is 0. The Balaban J connectivity index is 2.01. The van der Waals surface area contributed by atoms with Gasteiger partial charge in [0.2, 0.25) is 11.8 Å². The maximum absolute atomic E-state index is 12.7. The van der Waals surface area contributed by atoms with Crippen LogP contribution in [-0.2, 0) is 14.3 Å². The van der Waals surface area contributed by atoms with Crippen LogP contribution in [0.4, 0.5) is 10.5 Å². The van der Waals surface area contributed by atoms with E-state index in [1.165, 1.54) is 11.8 Å². The lowest BCUT2D eigenvalue weighted by Gasteiger charge is -2.35. The molecule has 7 nitrogen and oxygen atoms in total. The molecule has 7 heteroatoms.